The molecule has 0 radical (unpaired) electrons. The number of nitrogens with one attached hydrogen (secondary N) is 1. The molecule has 1 saturated carbocycles. The molecule has 1 aliphatic heterocycles. The minimum absolute atomic E-state index is 0.0140. The number of carbonyl (C=O) groups is 3. The number of rotatable bonds is 5. The fourth-order valence-corrected chi connectivity index (χ4v) is 4.58. The summed E-state index contributed by atoms with van der Waals surface area (Å²) >= 11 is 3.40. The average Bonchev–Trinajstić information content (AvgIpc) is 2.89. The highest BCUT2D eigenvalue weighted by molar-refractivity contribution is 9.11. The summed E-state index contributed by atoms with van der Waals surface area (Å²) in [6, 6.07) is 4.04. The molecular formula is C22H25BrN2O3. The van der Waals surface area contributed by atoms with Crippen LogP contribution in [0.1, 0.15) is 47.4 Å². The molecule has 5 nitrogen and oxygen atoms in total. The Hall–Kier alpha value is -2.08. The molecule has 1 aromatic rings. The van der Waals surface area contributed by atoms with Crippen molar-refractivity contribution < 1.29 is 14.4 Å². The number of Topliss-reactive ketones (excluding diaryl/α,β-unsaturated/α-hetero) is 2. The van der Waals surface area contributed by atoms with Crippen LogP contribution in [0.2, 0.25) is 0 Å². The van der Waals surface area contributed by atoms with Gasteiger partial charge in [0.15, 0.2) is 5.78 Å². The lowest BCUT2D eigenvalue weighted by molar-refractivity contribution is -0.125. The second kappa shape index (κ2) is 8.52. The number of aryl methyl sites for hydroxylation is 3. The zero-order chi connectivity index (χ0) is 20.4. The molecule has 3 rings (SSSR count). The molecule has 1 amide bonds. The summed E-state index contributed by atoms with van der Waals surface area (Å²) in [6.07, 6.45) is 3.24. The van der Waals surface area contributed by atoms with Gasteiger partial charge in [-0.3, -0.25) is 19.4 Å². The van der Waals surface area contributed by atoms with Crippen LogP contribution in [0.25, 0.3) is 0 Å². The topological polar surface area (TPSA) is 75.6 Å². The van der Waals surface area contributed by atoms with Crippen LogP contribution in [0.5, 0.6) is 0 Å². The molecule has 0 aromatic heterocycles. The lowest BCUT2D eigenvalue weighted by Crippen LogP contribution is -2.33. The Balaban J connectivity index is 1.63. The van der Waals surface area contributed by atoms with E-state index in [0.29, 0.717) is 25.2 Å². The number of aliphatic imine (C=N–C) groups is 1. The Morgan fingerprint density at radius 1 is 1.21 bits per heavy atom. The van der Waals surface area contributed by atoms with E-state index in [2.05, 4.69) is 26.2 Å². The van der Waals surface area contributed by atoms with Crippen molar-refractivity contribution in [2.45, 2.75) is 46.0 Å². The summed E-state index contributed by atoms with van der Waals surface area (Å²) in [4.78, 5) is 42.0. The molecule has 1 aliphatic carbocycles. The van der Waals surface area contributed by atoms with Gasteiger partial charge in [-0.25, -0.2) is 0 Å². The number of ketones is 2. The third-order valence-electron chi connectivity index (χ3n) is 5.42. The first kappa shape index (κ1) is 20.6. The van der Waals surface area contributed by atoms with Crippen LogP contribution in [-0.2, 0) is 14.4 Å². The van der Waals surface area contributed by atoms with Crippen molar-refractivity contribution in [3.05, 3.63) is 44.9 Å². The Labute approximate surface area is 173 Å². The largest absolute Gasteiger partial charge is 0.351 e. The Morgan fingerprint density at radius 2 is 1.89 bits per heavy atom. The molecule has 1 heterocycles. The Kier molecular flexibility index (Phi) is 6.28. The van der Waals surface area contributed by atoms with Crippen molar-refractivity contribution in [2.75, 3.05) is 13.1 Å². The minimum atomic E-state index is -0.664. The highest BCUT2D eigenvalue weighted by atomic mass is 79.9. The van der Waals surface area contributed by atoms with Gasteiger partial charge in [0.2, 0.25) is 0 Å². The van der Waals surface area contributed by atoms with Crippen LogP contribution in [0.4, 0.5) is 0 Å². The zero-order valence-corrected chi connectivity index (χ0v) is 18.1. The van der Waals surface area contributed by atoms with Crippen molar-refractivity contribution in [1.82, 2.24) is 5.32 Å². The number of benzene rings is 1. The van der Waals surface area contributed by atoms with Gasteiger partial charge in [-0.1, -0.05) is 33.6 Å². The van der Waals surface area contributed by atoms with Crippen LogP contribution < -0.4 is 5.32 Å². The summed E-state index contributed by atoms with van der Waals surface area (Å²) in [6.45, 7) is 6.87. The highest BCUT2D eigenvalue weighted by Gasteiger charge is 2.42. The Morgan fingerprint density at radius 3 is 2.54 bits per heavy atom. The monoisotopic (exact) mass is 444 g/mol. The van der Waals surface area contributed by atoms with E-state index >= 15 is 0 Å². The summed E-state index contributed by atoms with van der Waals surface area (Å²) in [5, 5.41) is 2.82. The third kappa shape index (κ3) is 4.32. The first-order valence-corrected chi connectivity index (χ1v) is 10.4. The van der Waals surface area contributed by atoms with Crippen LogP contribution in [0.15, 0.2) is 27.7 Å². The van der Waals surface area contributed by atoms with Gasteiger partial charge in [-0.05, 0) is 60.9 Å². The van der Waals surface area contributed by atoms with Crippen LogP contribution in [0.3, 0.4) is 0 Å². The molecular weight excluding hydrogens is 420 g/mol. The SMILES string of the molecule is Cc1cc(C)c(C2C(=O)CC(CCNC(=O)C3=NCCC(Br)=C3)C2=O)c(C)c1. The summed E-state index contributed by atoms with van der Waals surface area (Å²) in [7, 11) is 0. The second-order valence-corrected chi connectivity index (χ2v) is 8.69. The van der Waals surface area contributed by atoms with Gasteiger partial charge >= 0.3 is 0 Å². The van der Waals surface area contributed by atoms with E-state index in [1.165, 1.54) is 0 Å². The molecule has 1 aromatic carbocycles. The molecule has 148 valence electrons. The summed E-state index contributed by atoms with van der Waals surface area (Å²) in [5.74, 6) is -1.28. The molecule has 2 unspecified atom stereocenters. The minimum Gasteiger partial charge on any atom is -0.351 e. The first-order chi connectivity index (χ1) is 13.3. The van der Waals surface area contributed by atoms with Gasteiger partial charge in [0.25, 0.3) is 5.91 Å². The lowest BCUT2D eigenvalue weighted by Gasteiger charge is -2.16. The van der Waals surface area contributed by atoms with Crippen molar-refractivity contribution in [1.29, 1.82) is 0 Å². The quantitative estimate of drug-likeness (QED) is 0.706. The van der Waals surface area contributed by atoms with Crippen LogP contribution in [0, 0.1) is 26.7 Å². The lowest BCUT2D eigenvalue weighted by atomic mass is 9.86. The van der Waals surface area contributed by atoms with E-state index in [-0.39, 0.29) is 29.8 Å². The zero-order valence-electron chi connectivity index (χ0n) is 16.5. The number of dihydropyridines is 1. The molecule has 28 heavy (non-hydrogen) atoms. The maximum atomic E-state index is 13.0. The standard InChI is InChI=1S/C22H25BrN2O3/c1-12-8-13(2)19(14(3)9-12)20-18(26)10-15(21(20)27)4-6-25-22(28)17-11-16(23)5-7-24-17/h8-9,11,15,20H,4-7,10H2,1-3H3,(H,25,28). The van der Waals surface area contributed by atoms with E-state index in [1.807, 2.05) is 32.9 Å². The summed E-state index contributed by atoms with van der Waals surface area (Å²) < 4.78 is 0.955. The predicted octanol–water partition coefficient (Wildman–Crippen LogP) is 3.48. The molecule has 0 bridgehead atoms. The molecule has 0 spiro atoms. The summed E-state index contributed by atoms with van der Waals surface area (Å²) in [5.41, 5.74) is 4.37. The number of halogens is 1. The maximum absolute atomic E-state index is 13.0. The molecule has 0 saturated heterocycles. The van der Waals surface area contributed by atoms with Crippen molar-refractivity contribution in [2.24, 2.45) is 10.9 Å². The van der Waals surface area contributed by atoms with E-state index in [1.54, 1.807) is 6.08 Å². The second-order valence-electron chi connectivity index (χ2n) is 7.67. The highest BCUT2D eigenvalue weighted by Crippen LogP contribution is 2.37. The van der Waals surface area contributed by atoms with Gasteiger partial charge in [-0.2, -0.15) is 0 Å². The van der Waals surface area contributed by atoms with Gasteiger partial charge in [0.05, 0.1) is 0 Å². The van der Waals surface area contributed by atoms with Gasteiger partial charge in [0, 0.05) is 25.4 Å². The van der Waals surface area contributed by atoms with Gasteiger partial charge in [-0.15, -0.1) is 0 Å². The van der Waals surface area contributed by atoms with E-state index in [9.17, 15) is 14.4 Å². The van der Waals surface area contributed by atoms with Crippen LogP contribution >= 0.6 is 15.9 Å². The molecule has 1 fully saturated rings. The molecule has 2 atom stereocenters. The fraction of sp³-hybridized carbons (Fsp3) is 0.455. The molecule has 1 N–H and O–H groups in total. The molecule has 6 heteroatoms. The first-order valence-electron chi connectivity index (χ1n) is 9.61. The maximum Gasteiger partial charge on any atom is 0.269 e. The van der Waals surface area contributed by atoms with E-state index in [4.69, 9.17) is 0 Å². The predicted molar refractivity (Wildman–Crippen MR) is 113 cm³/mol. The van der Waals surface area contributed by atoms with Gasteiger partial charge < -0.3 is 5.32 Å². The smallest absolute Gasteiger partial charge is 0.269 e. The normalized spacial score (nSPS) is 22.1. The Bertz CT molecular complexity index is 878. The number of carbonyl (C=O) groups excluding carboxylic acids is 3. The van der Waals surface area contributed by atoms with Crippen LogP contribution in [-0.4, -0.2) is 36.3 Å². The number of hydrogen-bond donors (Lipinski definition) is 1. The van der Waals surface area contributed by atoms with E-state index in [0.717, 1.165) is 33.2 Å². The average molecular weight is 445 g/mol. The number of hydrogen-bond acceptors (Lipinski definition) is 4. The fourth-order valence-electron chi connectivity index (χ4n) is 4.19. The third-order valence-corrected chi connectivity index (χ3v) is 6.05. The van der Waals surface area contributed by atoms with Crippen molar-refractivity contribution in [3.63, 3.8) is 0 Å². The molecule has 2 aliphatic rings. The number of nitrogens with zero attached hydrogens (tertiary/aromatic N) is 1. The van der Waals surface area contributed by atoms with E-state index < -0.39 is 5.92 Å². The van der Waals surface area contributed by atoms with Crippen molar-refractivity contribution in [3.8, 4) is 0 Å². The van der Waals surface area contributed by atoms with Crippen molar-refractivity contribution >= 4 is 39.1 Å². The number of amides is 1. The van der Waals surface area contributed by atoms with Gasteiger partial charge in [0.1, 0.15) is 17.4 Å².